The van der Waals surface area contributed by atoms with E-state index < -0.39 is 5.92 Å². The van der Waals surface area contributed by atoms with Gasteiger partial charge in [-0.05, 0) is 32.1 Å². The lowest BCUT2D eigenvalue weighted by Gasteiger charge is -2.23. The second kappa shape index (κ2) is 6.41. The third-order valence-corrected chi connectivity index (χ3v) is 2.64. The summed E-state index contributed by atoms with van der Waals surface area (Å²) in [6.07, 6.45) is 2.49. The molecule has 0 radical (unpaired) electrons. The topological polar surface area (TPSA) is 59.3 Å². The molecule has 1 fully saturated rings. The van der Waals surface area contributed by atoms with E-state index in [9.17, 15) is 4.79 Å². The van der Waals surface area contributed by atoms with Gasteiger partial charge in [0.2, 0.25) is 0 Å². The third-order valence-electron chi connectivity index (χ3n) is 2.64. The fraction of sp³-hybridized carbons (Fsp3) is 0.818. The first kappa shape index (κ1) is 12.0. The molecule has 0 amide bonds. The molecule has 1 unspecified atom stereocenters. The first-order chi connectivity index (χ1) is 7.27. The zero-order chi connectivity index (χ0) is 11.1. The summed E-state index contributed by atoms with van der Waals surface area (Å²) >= 11 is 0. The van der Waals surface area contributed by atoms with Gasteiger partial charge in [0.25, 0.3) is 0 Å². The molecule has 84 valence electrons. The maximum absolute atomic E-state index is 11.4. The molecule has 4 heteroatoms. The number of esters is 1. The predicted octanol–water partition coefficient (Wildman–Crippen LogP) is 1.51. The van der Waals surface area contributed by atoms with Gasteiger partial charge in [-0.15, -0.1) is 0 Å². The van der Waals surface area contributed by atoms with Crippen LogP contribution in [0.4, 0.5) is 0 Å². The van der Waals surface area contributed by atoms with Crippen LogP contribution in [0.3, 0.4) is 0 Å². The minimum Gasteiger partial charge on any atom is -0.465 e. The van der Waals surface area contributed by atoms with E-state index >= 15 is 0 Å². The largest absolute Gasteiger partial charge is 0.465 e. The highest BCUT2D eigenvalue weighted by Gasteiger charge is 2.25. The lowest BCUT2D eigenvalue weighted by Crippen LogP contribution is -2.23. The highest BCUT2D eigenvalue weighted by Crippen LogP contribution is 2.23. The van der Waals surface area contributed by atoms with Crippen LogP contribution in [0.25, 0.3) is 0 Å². The fourth-order valence-corrected chi connectivity index (χ4v) is 1.76. The van der Waals surface area contributed by atoms with Crippen molar-refractivity contribution in [3.05, 3.63) is 0 Å². The van der Waals surface area contributed by atoms with Gasteiger partial charge in [-0.3, -0.25) is 4.79 Å². The molecular weight excluding hydrogens is 194 g/mol. The second-order valence-corrected chi connectivity index (χ2v) is 3.73. The maximum atomic E-state index is 11.4. The Bertz CT molecular complexity index is 241. The van der Waals surface area contributed by atoms with Crippen molar-refractivity contribution < 1.29 is 14.3 Å². The van der Waals surface area contributed by atoms with Crippen molar-refractivity contribution in [2.24, 2.45) is 11.8 Å². The lowest BCUT2D eigenvalue weighted by molar-refractivity contribution is -0.146. The molecular formula is C11H17NO3. The predicted molar refractivity (Wildman–Crippen MR) is 53.9 cm³/mol. The molecule has 15 heavy (non-hydrogen) atoms. The number of carbonyl (C=O) groups is 1. The first-order valence-corrected chi connectivity index (χ1v) is 5.42. The van der Waals surface area contributed by atoms with Crippen LogP contribution in [0.5, 0.6) is 0 Å². The summed E-state index contributed by atoms with van der Waals surface area (Å²) in [5.41, 5.74) is 0. The number of hydrogen-bond donors (Lipinski definition) is 0. The summed E-state index contributed by atoms with van der Waals surface area (Å²) in [7, 11) is 0. The van der Waals surface area contributed by atoms with Gasteiger partial charge in [-0.25, -0.2) is 0 Å². The second-order valence-electron chi connectivity index (χ2n) is 3.73. The van der Waals surface area contributed by atoms with Gasteiger partial charge < -0.3 is 9.47 Å². The summed E-state index contributed by atoms with van der Waals surface area (Å²) in [6, 6.07) is 2.02. The van der Waals surface area contributed by atoms with Gasteiger partial charge in [-0.2, -0.15) is 5.26 Å². The van der Waals surface area contributed by atoms with E-state index in [1.54, 1.807) is 6.92 Å². The van der Waals surface area contributed by atoms with E-state index in [4.69, 9.17) is 14.7 Å². The van der Waals surface area contributed by atoms with Crippen molar-refractivity contribution >= 4 is 5.97 Å². The van der Waals surface area contributed by atoms with Crippen LogP contribution >= 0.6 is 0 Å². The molecule has 0 spiro atoms. The van der Waals surface area contributed by atoms with Crippen molar-refractivity contribution in [2.45, 2.75) is 26.2 Å². The van der Waals surface area contributed by atoms with Gasteiger partial charge in [0.05, 0.1) is 12.7 Å². The molecule has 1 saturated heterocycles. The Kier molecular flexibility index (Phi) is 5.13. The monoisotopic (exact) mass is 211 g/mol. The van der Waals surface area contributed by atoms with Crippen LogP contribution in [-0.4, -0.2) is 25.8 Å². The number of rotatable bonds is 4. The van der Waals surface area contributed by atoms with E-state index in [-0.39, 0.29) is 5.97 Å². The van der Waals surface area contributed by atoms with Crippen LogP contribution in [0.2, 0.25) is 0 Å². The smallest absolute Gasteiger partial charge is 0.323 e. The molecule has 0 N–H and O–H groups in total. The Labute approximate surface area is 90.2 Å². The Morgan fingerprint density at radius 3 is 2.80 bits per heavy atom. The van der Waals surface area contributed by atoms with Gasteiger partial charge in [0.15, 0.2) is 0 Å². The highest BCUT2D eigenvalue weighted by molar-refractivity contribution is 5.75. The minimum absolute atomic E-state index is 0.338. The van der Waals surface area contributed by atoms with E-state index in [0.29, 0.717) is 18.9 Å². The molecule has 1 rings (SSSR count). The molecule has 1 heterocycles. The molecule has 0 bridgehead atoms. The van der Waals surface area contributed by atoms with Gasteiger partial charge in [-0.1, -0.05) is 0 Å². The molecule has 1 aliphatic heterocycles. The third kappa shape index (κ3) is 3.88. The quantitative estimate of drug-likeness (QED) is 0.661. The number of nitrogens with zero attached hydrogens (tertiary/aromatic N) is 1. The summed E-state index contributed by atoms with van der Waals surface area (Å²) < 4.78 is 10.1. The van der Waals surface area contributed by atoms with E-state index in [1.807, 2.05) is 6.07 Å². The Hall–Kier alpha value is -1.08. The summed E-state index contributed by atoms with van der Waals surface area (Å²) in [5.74, 6) is -0.563. The Morgan fingerprint density at radius 2 is 2.27 bits per heavy atom. The van der Waals surface area contributed by atoms with Crippen LogP contribution in [0.15, 0.2) is 0 Å². The fourth-order valence-electron chi connectivity index (χ4n) is 1.76. The average molecular weight is 211 g/mol. The standard InChI is InChI=1S/C11H17NO3/c1-2-15-11(13)10(8-12)7-9-3-5-14-6-4-9/h9-10H,2-7H2,1H3. The number of hydrogen-bond acceptors (Lipinski definition) is 4. The summed E-state index contributed by atoms with van der Waals surface area (Å²) in [5, 5.41) is 8.87. The van der Waals surface area contributed by atoms with E-state index in [0.717, 1.165) is 26.1 Å². The van der Waals surface area contributed by atoms with Gasteiger partial charge >= 0.3 is 5.97 Å². The van der Waals surface area contributed by atoms with Crippen LogP contribution in [-0.2, 0) is 14.3 Å². The van der Waals surface area contributed by atoms with Crippen molar-refractivity contribution in [3.8, 4) is 6.07 Å². The Morgan fingerprint density at radius 1 is 1.60 bits per heavy atom. The van der Waals surface area contributed by atoms with Gasteiger partial charge in [0.1, 0.15) is 5.92 Å². The molecule has 1 atom stereocenters. The maximum Gasteiger partial charge on any atom is 0.323 e. The average Bonchev–Trinajstić information content (AvgIpc) is 2.27. The zero-order valence-electron chi connectivity index (χ0n) is 9.07. The number of ether oxygens (including phenoxy) is 2. The molecule has 0 aliphatic carbocycles. The van der Waals surface area contributed by atoms with Crippen molar-refractivity contribution in [3.63, 3.8) is 0 Å². The minimum atomic E-state index is -0.604. The molecule has 0 aromatic rings. The van der Waals surface area contributed by atoms with Crippen molar-refractivity contribution in [1.29, 1.82) is 5.26 Å². The number of carbonyl (C=O) groups excluding carboxylic acids is 1. The summed E-state index contributed by atoms with van der Waals surface area (Å²) in [6.45, 7) is 3.57. The first-order valence-electron chi connectivity index (χ1n) is 5.42. The molecule has 1 aliphatic rings. The van der Waals surface area contributed by atoms with Crippen molar-refractivity contribution in [2.75, 3.05) is 19.8 Å². The van der Waals surface area contributed by atoms with Gasteiger partial charge in [0, 0.05) is 13.2 Å². The normalized spacial score (nSPS) is 19.2. The lowest BCUT2D eigenvalue weighted by atomic mass is 9.89. The van der Waals surface area contributed by atoms with Crippen molar-refractivity contribution in [1.82, 2.24) is 0 Å². The molecule has 0 aromatic carbocycles. The van der Waals surface area contributed by atoms with Crippen LogP contribution < -0.4 is 0 Å². The zero-order valence-corrected chi connectivity index (χ0v) is 9.07. The highest BCUT2D eigenvalue weighted by atomic mass is 16.5. The van der Waals surface area contributed by atoms with Crippen LogP contribution in [0, 0.1) is 23.2 Å². The van der Waals surface area contributed by atoms with E-state index in [1.165, 1.54) is 0 Å². The Balaban J connectivity index is 2.38. The number of nitriles is 1. The SMILES string of the molecule is CCOC(=O)C(C#N)CC1CCOCC1. The summed E-state index contributed by atoms with van der Waals surface area (Å²) in [4.78, 5) is 11.4. The van der Waals surface area contributed by atoms with E-state index in [2.05, 4.69) is 0 Å². The molecule has 0 saturated carbocycles. The van der Waals surface area contributed by atoms with Crippen LogP contribution in [0.1, 0.15) is 26.2 Å². The molecule has 0 aromatic heterocycles. The molecule has 4 nitrogen and oxygen atoms in total.